The van der Waals surface area contributed by atoms with Gasteiger partial charge in [0.25, 0.3) is 0 Å². The van der Waals surface area contributed by atoms with E-state index in [1.807, 2.05) is 36.1 Å². The first kappa shape index (κ1) is 25.9. The molecule has 174 valence electrons. The highest BCUT2D eigenvalue weighted by Gasteiger charge is 2.32. The highest BCUT2D eigenvalue weighted by atomic mass is 127. The Morgan fingerprint density at radius 3 is 2.39 bits per heavy atom. The van der Waals surface area contributed by atoms with E-state index < -0.39 is 9.84 Å². The number of aliphatic imine (C=N–C) groups is 1. The van der Waals surface area contributed by atoms with Gasteiger partial charge >= 0.3 is 0 Å². The van der Waals surface area contributed by atoms with E-state index in [9.17, 15) is 13.2 Å². The molecule has 1 aliphatic heterocycles. The first-order valence-corrected chi connectivity index (χ1v) is 13.0. The average Bonchev–Trinajstić information content (AvgIpc) is 3.38. The highest BCUT2D eigenvalue weighted by Crippen LogP contribution is 2.27. The lowest BCUT2D eigenvalue weighted by atomic mass is 10.1. The van der Waals surface area contributed by atoms with Crippen molar-refractivity contribution in [3.63, 3.8) is 0 Å². The Bertz CT molecular complexity index is 852. The maximum Gasteiger partial charge on any atom is 0.225 e. The van der Waals surface area contributed by atoms with E-state index in [0.29, 0.717) is 12.5 Å². The Hall–Kier alpha value is -1.36. The minimum Gasteiger partial charge on any atom is -0.357 e. The summed E-state index contributed by atoms with van der Waals surface area (Å²) >= 11 is 0. The minimum atomic E-state index is -3.03. The lowest BCUT2D eigenvalue weighted by molar-refractivity contribution is -0.134. The summed E-state index contributed by atoms with van der Waals surface area (Å²) in [6, 6.07) is 7.74. The maximum atomic E-state index is 12.6. The molecule has 0 aromatic heterocycles. The molecule has 9 heteroatoms. The Balaban J connectivity index is 0.00000341. The number of rotatable bonds is 7. The van der Waals surface area contributed by atoms with Crippen molar-refractivity contribution < 1.29 is 13.2 Å². The van der Waals surface area contributed by atoms with Gasteiger partial charge in [-0.05, 0) is 37.3 Å². The standard InChI is InChI=1S/C22H34N4O3S.HI/c1-3-23-22(24-14-17-8-10-18(11-9-17)16-30(2,28)29)25-20-12-13-26(15-20)21(27)19-6-4-5-7-19;/h8-11,19-20H,3-7,12-16H2,1-2H3,(H2,23,24,25);1H. The zero-order chi connectivity index (χ0) is 21.6. The molecule has 2 fully saturated rings. The fourth-order valence-corrected chi connectivity index (χ4v) is 5.03. The van der Waals surface area contributed by atoms with Crippen molar-refractivity contribution in [3.8, 4) is 0 Å². The van der Waals surface area contributed by atoms with Crippen LogP contribution in [-0.2, 0) is 26.9 Å². The normalized spacial score (nSPS) is 19.9. The van der Waals surface area contributed by atoms with Gasteiger partial charge in [0.1, 0.15) is 0 Å². The summed E-state index contributed by atoms with van der Waals surface area (Å²) in [4.78, 5) is 19.3. The number of guanidine groups is 1. The predicted octanol–water partition coefficient (Wildman–Crippen LogP) is 2.70. The van der Waals surface area contributed by atoms with Gasteiger partial charge in [-0.25, -0.2) is 13.4 Å². The van der Waals surface area contributed by atoms with Crippen LogP contribution in [0.2, 0.25) is 0 Å². The van der Waals surface area contributed by atoms with E-state index in [-0.39, 0.29) is 41.7 Å². The van der Waals surface area contributed by atoms with E-state index in [4.69, 9.17) is 0 Å². The molecule has 1 aromatic carbocycles. The molecule has 1 atom stereocenters. The number of sulfone groups is 1. The summed E-state index contributed by atoms with van der Waals surface area (Å²) in [6.45, 7) is 4.85. The molecule has 1 aromatic rings. The number of carbonyl (C=O) groups excluding carboxylic acids is 1. The average molecular weight is 563 g/mol. The topological polar surface area (TPSA) is 90.9 Å². The third-order valence-electron chi connectivity index (χ3n) is 5.76. The number of hydrogen-bond donors (Lipinski definition) is 2. The third-order valence-corrected chi connectivity index (χ3v) is 6.62. The van der Waals surface area contributed by atoms with Crippen LogP contribution in [0, 0.1) is 5.92 Å². The Morgan fingerprint density at radius 1 is 1.13 bits per heavy atom. The second-order valence-corrected chi connectivity index (χ2v) is 10.6. The smallest absolute Gasteiger partial charge is 0.225 e. The summed E-state index contributed by atoms with van der Waals surface area (Å²) < 4.78 is 22.8. The van der Waals surface area contributed by atoms with Crippen molar-refractivity contribution >= 4 is 45.7 Å². The molecule has 7 nitrogen and oxygen atoms in total. The zero-order valence-corrected chi connectivity index (χ0v) is 21.6. The van der Waals surface area contributed by atoms with Gasteiger partial charge in [0.15, 0.2) is 15.8 Å². The van der Waals surface area contributed by atoms with Crippen molar-refractivity contribution in [1.29, 1.82) is 0 Å². The number of halogens is 1. The molecule has 0 spiro atoms. The lowest BCUT2D eigenvalue weighted by Crippen LogP contribution is -2.45. The monoisotopic (exact) mass is 562 g/mol. The maximum absolute atomic E-state index is 12.6. The number of nitrogens with zero attached hydrogens (tertiary/aromatic N) is 2. The van der Waals surface area contributed by atoms with Crippen LogP contribution in [0.3, 0.4) is 0 Å². The molecule has 1 heterocycles. The second kappa shape index (κ2) is 12.0. The quantitative estimate of drug-likeness (QED) is 0.303. The largest absolute Gasteiger partial charge is 0.357 e. The van der Waals surface area contributed by atoms with Crippen LogP contribution in [0.25, 0.3) is 0 Å². The molecule has 2 N–H and O–H groups in total. The Labute approximate surface area is 203 Å². The number of hydrogen-bond acceptors (Lipinski definition) is 4. The summed E-state index contributed by atoms with van der Waals surface area (Å²) in [5.41, 5.74) is 1.81. The van der Waals surface area contributed by atoms with Crippen molar-refractivity contribution in [2.75, 3.05) is 25.9 Å². The molecule has 0 bridgehead atoms. The predicted molar refractivity (Wildman–Crippen MR) is 135 cm³/mol. The van der Waals surface area contributed by atoms with Gasteiger partial charge in [0.05, 0.1) is 12.3 Å². The Kier molecular flexibility index (Phi) is 10.1. The van der Waals surface area contributed by atoms with Crippen molar-refractivity contribution in [2.45, 2.75) is 57.4 Å². The molecule has 1 unspecified atom stereocenters. The summed E-state index contributed by atoms with van der Waals surface area (Å²) in [5, 5.41) is 6.75. The molecule has 31 heavy (non-hydrogen) atoms. The van der Waals surface area contributed by atoms with E-state index in [2.05, 4.69) is 15.6 Å². The van der Waals surface area contributed by atoms with E-state index in [0.717, 1.165) is 56.0 Å². The van der Waals surface area contributed by atoms with Crippen molar-refractivity contribution in [1.82, 2.24) is 15.5 Å². The van der Waals surface area contributed by atoms with Gasteiger partial charge < -0.3 is 15.5 Å². The summed E-state index contributed by atoms with van der Waals surface area (Å²) in [7, 11) is -3.03. The van der Waals surface area contributed by atoms with Crippen LogP contribution in [0.1, 0.15) is 50.2 Å². The van der Waals surface area contributed by atoms with E-state index >= 15 is 0 Å². The van der Waals surface area contributed by atoms with Crippen LogP contribution < -0.4 is 10.6 Å². The number of likely N-dealkylation sites (tertiary alicyclic amines) is 1. The van der Waals surface area contributed by atoms with Crippen LogP contribution >= 0.6 is 24.0 Å². The van der Waals surface area contributed by atoms with Gasteiger partial charge in [-0.15, -0.1) is 24.0 Å². The van der Waals surface area contributed by atoms with E-state index in [1.165, 1.54) is 19.1 Å². The fourth-order valence-electron chi connectivity index (χ4n) is 4.24. The van der Waals surface area contributed by atoms with Gasteiger partial charge in [-0.3, -0.25) is 4.79 Å². The SMILES string of the molecule is CCNC(=NCc1ccc(CS(C)(=O)=O)cc1)NC1CCN(C(=O)C2CCCC2)C1.I. The lowest BCUT2D eigenvalue weighted by Gasteiger charge is -2.21. The fraction of sp³-hybridized carbons (Fsp3) is 0.636. The van der Waals surface area contributed by atoms with Crippen molar-refractivity contribution in [3.05, 3.63) is 35.4 Å². The molecular weight excluding hydrogens is 527 g/mol. The van der Waals surface area contributed by atoms with Crippen LogP contribution in [-0.4, -0.2) is 57.1 Å². The minimum absolute atomic E-state index is 0. The molecule has 1 saturated carbocycles. The van der Waals surface area contributed by atoms with Crippen LogP contribution in [0.4, 0.5) is 0 Å². The first-order valence-electron chi connectivity index (χ1n) is 10.9. The summed E-state index contributed by atoms with van der Waals surface area (Å²) in [5.74, 6) is 1.36. The second-order valence-electron chi connectivity index (χ2n) is 8.48. The molecule has 2 aliphatic rings. The van der Waals surface area contributed by atoms with Crippen LogP contribution in [0.15, 0.2) is 29.3 Å². The molecule has 1 saturated heterocycles. The zero-order valence-electron chi connectivity index (χ0n) is 18.5. The number of amides is 1. The number of carbonyl (C=O) groups is 1. The van der Waals surface area contributed by atoms with Gasteiger partial charge in [-0.2, -0.15) is 0 Å². The third kappa shape index (κ3) is 8.25. The Morgan fingerprint density at radius 2 is 1.77 bits per heavy atom. The first-order chi connectivity index (χ1) is 14.3. The molecule has 3 rings (SSSR count). The molecule has 1 aliphatic carbocycles. The van der Waals surface area contributed by atoms with Gasteiger partial charge in [0, 0.05) is 37.8 Å². The van der Waals surface area contributed by atoms with Gasteiger partial charge in [0.2, 0.25) is 5.91 Å². The molecule has 1 amide bonds. The van der Waals surface area contributed by atoms with E-state index in [1.54, 1.807) is 0 Å². The summed E-state index contributed by atoms with van der Waals surface area (Å²) in [6.07, 6.45) is 6.62. The van der Waals surface area contributed by atoms with Crippen molar-refractivity contribution in [2.24, 2.45) is 10.9 Å². The molecule has 0 radical (unpaired) electrons. The number of benzene rings is 1. The van der Waals surface area contributed by atoms with Gasteiger partial charge in [-0.1, -0.05) is 37.1 Å². The highest BCUT2D eigenvalue weighted by molar-refractivity contribution is 14.0. The van der Waals surface area contributed by atoms with Crippen LogP contribution in [0.5, 0.6) is 0 Å². The number of nitrogens with one attached hydrogen (secondary N) is 2. The molecular formula is C22H35IN4O3S.